The molecule has 0 radical (unpaired) electrons. The first-order valence-electron chi connectivity index (χ1n) is 7.93. The molecule has 0 amide bonds. The molecular weight excluding hydrogens is 236 g/mol. The Balaban J connectivity index is 2.00. The monoisotopic (exact) mass is 268 g/mol. The summed E-state index contributed by atoms with van der Waals surface area (Å²) in [5.41, 5.74) is 0.341. The van der Waals surface area contributed by atoms with Crippen molar-refractivity contribution in [2.45, 2.75) is 77.6 Å². The van der Waals surface area contributed by atoms with Crippen LogP contribution in [0.25, 0.3) is 0 Å². The maximum atomic E-state index is 5.60. The van der Waals surface area contributed by atoms with E-state index in [1.165, 1.54) is 32.2 Å². The van der Waals surface area contributed by atoms with Gasteiger partial charge in [-0.3, -0.25) is 4.90 Å². The molecule has 0 spiro atoms. The fourth-order valence-corrected chi connectivity index (χ4v) is 3.61. The van der Waals surface area contributed by atoms with Gasteiger partial charge in [-0.2, -0.15) is 0 Å². The van der Waals surface area contributed by atoms with Crippen LogP contribution in [-0.4, -0.2) is 49.3 Å². The van der Waals surface area contributed by atoms with Crippen molar-refractivity contribution in [3.63, 3.8) is 0 Å². The van der Waals surface area contributed by atoms with Gasteiger partial charge in [-0.25, -0.2) is 0 Å². The lowest BCUT2D eigenvalue weighted by atomic mass is 9.83. The molecule has 0 aromatic heterocycles. The molecule has 112 valence electrons. The van der Waals surface area contributed by atoms with Gasteiger partial charge in [-0.05, 0) is 38.0 Å². The van der Waals surface area contributed by atoms with Gasteiger partial charge in [0.05, 0.1) is 6.10 Å². The number of piperazine rings is 1. The molecule has 0 bridgehead atoms. The van der Waals surface area contributed by atoms with Crippen molar-refractivity contribution in [3.05, 3.63) is 0 Å². The molecule has 1 aliphatic carbocycles. The molecule has 3 heteroatoms. The van der Waals surface area contributed by atoms with Crippen molar-refractivity contribution < 1.29 is 4.74 Å². The van der Waals surface area contributed by atoms with E-state index in [4.69, 9.17) is 4.74 Å². The van der Waals surface area contributed by atoms with Crippen LogP contribution < -0.4 is 5.32 Å². The summed E-state index contributed by atoms with van der Waals surface area (Å²) in [6, 6.07) is 1.98. The highest BCUT2D eigenvalue weighted by molar-refractivity contribution is 4.94. The number of ether oxygens (including phenoxy) is 1. The fourth-order valence-electron chi connectivity index (χ4n) is 3.61. The van der Waals surface area contributed by atoms with E-state index in [0.717, 1.165) is 12.6 Å². The van der Waals surface area contributed by atoms with Crippen molar-refractivity contribution in [2.75, 3.05) is 20.2 Å². The topological polar surface area (TPSA) is 24.5 Å². The van der Waals surface area contributed by atoms with Crippen molar-refractivity contribution >= 4 is 0 Å². The number of rotatable bonds is 2. The van der Waals surface area contributed by atoms with Gasteiger partial charge < -0.3 is 10.1 Å². The number of hydrogen-bond acceptors (Lipinski definition) is 3. The van der Waals surface area contributed by atoms with Gasteiger partial charge in [0, 0.05) is 38.3 Å². The van der Waals surface area contributed by atoms with Crippen LogP contribution in [0.1, 0.15) is 53.4 Å². The Morgan fingerprint density at radius 2 is 1.95 bits per heavy atom. The third-order valence-electron chi connectivity index (χ3n) is 5.07. The zero-order chi connectivity index (χ0) is 14.0. The van der Waals surface area contributed by atoms with Gasteiger partial charge in [0.25, 0.3) is 0 Å². The summed E-state index contributed by atoms with van der Waals surface area (Å²) in [4.78, 5) is 2.75. The summed E-state index contributed by atoms with van der Waals surface area (Å²) in [6.45, 7) is 11.7. The number of hydrogen-bond donors (Lipinski definition) is 1. The average Bonchev–Trinajstić information content (AvgIpc) is 2.38. The second-order valence-corrected chi connectivity index (χ2v) is 7.55. The van der Waals surface area contributed by atoms with Crippen LogP contribution in [0.4, 0.5) is 0 Å². The van der Waals surface area contributed by atoms with Crippen LogP contribution in [0.5, 0.6) is 0 Å². The van der Waals surface area contributed by atoms with Gasteiger partial charge in [-0.15, -0.1) is 0 Å². The zero-order valence-electron chi connectivity index (χ0n) is 13.4. The molecule has 0 aromatic rings. The second kappa shape index (κ2) is 6.11. The van der Waals surface area contributed by atoms with E-state index >= 15 is 0 Å². The van der Waals surface area contributed by atoms with E-state index in [-0.39, 0.29) is 0 Å². The minimum Gasteiger partial charge on any atom is -0.381 e. The number of nitrogens with one attached hydrogen (secondary N) is 1. The lowest BCUT2D eigenvalue weighted by Crippen LogP contribution is -2.62. The molecule has 1 N–H and O–H groups in total. The van der Waals surface area contributed by atoms with Crippen molar-refractivity contribution in [1.29, 1.82) is 0 Å². The lowest BCUT2D eigenvalue weighted by Gasteiger charge is -2.48. The van der Waals surface area contributed by atoms with Crippen molar-refractivity contribution in [1.82, 2.24) is 10.2 Å². The van der Waals surface area contributed by atoms with E-state index in [2.05, 4.69) is 37.9 Å². The Kier molecular flexibility index (Phi) is 4.91. The molecule has 3 nitrogen and oxygen atoms in total. The number of methoxy groups -OCH3 is 1. The minimum absolute atomic E-state index is 0.341. The van der Waals surface area contributed by atoms with Gasteiger partial charge >= 0.3 is 0 Å². The highest BCUT2D eigenvalue weighted by Crippen LogP contribution is 2.30. The first-order valence-corrected chi connectivity index (χ1v) is 7.93. The fraction of sp³-hybridized carbons (Fsp3) is 1.00. The van der Waals surface area contributed by atoms with Gasteiger partial charge in [-0.1, -0.05) is 20.8 Å². The predicted octanol–water partition coefficient (Wildman–Crippen LogP) is 2.65. The standard InChI is InChI=1S/C16H32N2O/c1-12-10-17-15(16(2,3)4)11-18(12)13-7-6-8-14(9-13)19-5/h12-15,17H,6-11H2,1-5H3. The molecule has 4 unspecified atom stereocenters. The Morgan fingerprint density at radius 1 is 1.21 bits per heavy atom. The van der Waals surface area contributed by atoms with Crippen LogP contribution in [0, 0.1) is 5.41 Å². The van der Waals surface area contributed by atoms with E-state index < -0.39 is 0 Å². The molecule has 1 saturated carbocycles. The minimum atomic E-state index is 0.341. The van der Waals surface area contributed by atoms with Crippen LogP contribution in [0.2, 0.25) is 0 Å². The SMILES string of the molecule is COC1CCCC(N2CC(C(C)(C)C)NCC2C)C1. The van der Waals surface area contributed by atoms with Crippen molar-refractivity contribution in [3.8, 4) is 0 Å². The smallest absolute Gasteiger partial charge is 0.0586 e. The van der Waals surface area contributed by atoms with Crippen LogP contribution >= 0.6 is 0 Å². The molecule has 1 saturated heterocycles. The molecule has 0 aromatic carbocycles. The molecular formula is C16H32N2O. The zero-order valence-corrected chi connectivity index (χ0v) is 13.4. The van der Waals surface area contributed by atoms with Crippen LogP contribution in [0.15, 0.2) is 0 Å². The van der Waals surface area contributed by atoms with Gasteiger partial charge in [0.1, 0.15) is 0 Å². The third-order valence-corrected chi connectivity index (χ3v) is 5.07. The first kappa shape index (κ1) is 15.3. The maximum Gasteiger partial charge on any atom is 0.0586 e. The number of nitrogens with zero attached hydrogens (tertiary/aromatic N) is 1. The Bertz CT molecular complexity index is 287. The Morgan fingerprint density at radius 3 is 2.58 bits per heavy atom. The molecule has 19 heavy (non-hydrogen) atoms. The molecule has 2 fully saturated rings. The van der Waals surface area contributed by atoms with Crippen LogP contribution in [-0.2, 0) is 4.74 Å². The largest absolute Gasteiger partial charge is 0.381 e. The summed E-state index contributed by atoms with van der Waals surface area (Å²) in [7, 11) is 1.87. The third kappa shape index (κ3) is 3.71. The summed E-state index contributed by atoms with van der Waals surface area (Å²) >= 11 is 0. The van der Waals surface area contributed by atoms with Crippen LogP contribution in [0.3, 0.4) is 0 Å². The molecule has 4 atom stereocenters. The summed E-state index contributed by atoms with van der Waals surface area (Å²) in [6.07, 6.45) is 5.61. The van der Waals surface area contributed by atoms with Gasteiger partial charge in [0.15, 0.2) is 0 Å². The maximum absolute atomic E-state index is 5.60. The lowest BCUT2D eigenvalue weighted by molar-refractivity contribution is -0.00618. The summed E-state index contributed by atoms with van der Waals surface area (Å²) < 4.78 is 5.60. The predicted molar refractivity (Wildman–Crippen MR) is 80.5 cm³/mol. The highest BCUT2D eigenvalue weighted by Gasteiger charge is 2.37. The Labute approximate surface area is 119 Å². The average molecular weight is 268 g/mol. The van der Waals surface area contributed by atoms with Gasteiger partial charge in [0.2, 0.25) is 0 Å². The van der Waals surface area contributed by atoms with E-state index in [9.17, 15) is 0 Å². The Hall–Kier alpha value is -0.120. The van der Waals surface area contributed by atoms with Crippen molar-refractivity contribution in [2.24, 2.45) is 5.41 Å². The van der Waals surface area contributed by atoms with E-state index in [1.807, 2.05) is 7.11 Å². The second-order valence-electron chi connectivity index (χ2n) is 7.55. The highest BCUT2D eigenvalue weighted by atomic mass is 16.5. The quantitative estimate of drug-likeness (QED) is 0.833. The molecule has 1 aliphatic heterocycles. The summed E-state index contributed by atoms with van der Waals surface area (Å²) in [5, 5.41) is 3.73. The normalized spacial score (nSPS) is 38.4. The molecule has 2 aliphatic rings. The summed E-state index contributed by atoms with van der Waals surface area (Å²) in [5.74, 6) is 0. The van der Waals surface area contributed by atoms with E-state index in [1.54, 1.807) is 0 Å². The first-order chi connectivity index (χ1) is 8.91. The van der Waals surface area contributed by atoms with E-state index in [0.29, 0.717) is 23.6 Å². The molecule has 1 heterocycles. The molecule has 2 rings (SSSR count).